The van der Waals surface area contributed by atoms with Gasteiger partial charge in [-0.2, -0.15) is 0 Å². The van der Waals surface area contributed by atoms with E-state index in [9.17, 15) is 4.79 Å². The lowest BCUT2D eigenvalue weighted by Crippen LogP contribution is -2.44. The normalized spacial score (nSPS) is 11.4. The predicted octanol–water partition coefficient (Wildman–Crippen LogP) is 3.06. The smallest absolute Gasteiger partial charge is 0.221 e. The van der Waals surface area contributed by atoms with Gasteiger partial charge in [0.25, 0.3) is 0 Å². The molecule has 0 fully saturated rings. The van der Waals surface area contributed by atoms with Crippen LogP contribution in [0.1, 0.15) is 37.8 Å². The second-order valence-corrected chi connectivity index (χ2v) is 6.92. The molecule has 20 heavy (non-hydrogen) atoms. The Balaban J connectivity index is 2.36. The van der Waals surface area contributed by atoms with Crippen LogP contribution in [-0.4, -0.2) is 28.9 Å². The molecule has 4 heteroatoms. The van der Waals surface area contributed by atoms with Crippen LogP contribution in [0.2, 0.25) is 0 Å². The van der Waals surface area contributed by atoms with Crippen LogP contribution in [0.3, 0.4) is 0 Å². The number of nitrogens with one attached hydrogen (secondary N) is 1. The zero-order valence-corrected chi connectivity index (χ0v) is 13.6. The van der Waals surface area contributed by atoms with Gasteiger partial charge in [0.1, 0.15) is 0 Å². The molecule has 0 radical (unpaired) electrons. The average Bonchev–Trinajstić information content (AvgIpc) is 2.32. The first-order chi connectivity index (χ1) is 9.34. The van der Waals surface area contributed by atoms with E-state index in [1.807, 2.05) is 13.8 Å². The molecule has 0 unspecified atom stereocenters. The molecule has 1 aromatic rings. The van der Waals surface area contributed by atoms with E-state index in [1.54, 1.807) is 11.8 Å². The summed E-state index contributed by atoms with van der Waals surface area (Å²) in [5.41, 5.74) is 2.23. The lowest BCUT2D eigenvalue weighted by Gasteiger charge is -2.25. The zero-order chi connectivity index (χ0) is 15.2. The van der Waals surface area contributed by atoms with Gasteiger partial charge in [-0.05, 0) is 57.4 Å². The summed E-state index contributed by atoms with van der Waals surface area (Å²) >= 11 is 1.70. The molecule has 0 aliphatic rings. The average molecular weight is 295 g/mol. The highest BCUT2D eigenvalue weighted by Gasteiger charge is 2.19. The number of hydrogen-bond donors (Lipinski definition) is 2. The molecule has 0 aliphatic carbocycles. The fraction of sp³-hybridized carbons (Fsp3) is 0.562. The van der Waals surface area contributed by atoms with Gasteiger partial charge in [0, 0.05) is 29.2 Å². The number of rotatable bonds is 7. The Morgan fingerprint density at radius 3 is 2.60 bits per heavy atom. The molecule has 2 N–H and O–H groups in total. The maximum atomic E-state index is 11.8. The van der Waals surface area contributed by atoms with E-state index in [0.29, 0.717) is 12.8 Å². The van der Waals surface area contributed by atoms with Crippen molar-refractivity contribution in [1.29, 1.82) is 0 Å². The number of aliphatic hydroxyl groups excluding tert-OH is 1. The van der Waals surface area contributed by atoms with Gasteiger partial charge >= 0.3 is 0 Å². The van der Waals surface area contributed by atoms with Crippen molar-refractivity contribution < 1.29 is 9.90 Å². The summed E-state index contributed by atoms with van der Waals surface area (Å²) in [6.07, 6.45) is 1.06. The van der Waals surface area contributed by atoms with Crippen LogP contribution in [0.15, 0.2) is 23.1 Å². The van der Waals surface area contributed by atoms with E-state index in [1.165, 1.54) is 16.0 Å². The number of aliphatic hydroxyl groups is 1. The van der Waals surface area contributed by atoms with Crippen molar-refractivity contribution in [3.63, 3.8) is 0 Å². The maximum Gasteiger partial charge on any atom is 0.221 e. The highest BCUT2D eigenvalue weighted by molar-refractivity contribution is 7.99. The van der Waals surface area contributed by atoms with E-state index < -0.39 is 0 Å². The monoisotopic (exact) mass is 295 g/mol. The number of carbonyl (C=O) groups is 1. The minimum absolute atomic E-state index is 0.0415. The summed E-state index contributed by atoms with van der Waals surface area (Å²) in [6, 6.07) is 6.37. The van der Waals surface area contributed by atoms with Crippen LogP contribution in [-0.2, 0) is 4.79 Å². The summed E-state index contributed by atoms with van der Waals surface area (Å²) in [5.74, 6) is 0.809. The third kappa shape index (κ3) is 5.97. The van der Waals surface area contributed by atoms with Gasteiger partial charge in [-0.15, -0.1) is 11.8 Å². The molecule has 0 aliphatic heterocycles. The van der Waals surface area contributed by atoms with E-state index in [4.69, 9.17) is 5.11 Å². The van der Waals surface area contributed by atoms with E-state index >= 15 is 0 Å². The summed E-state index contributed by atoms with van der Waals surface area (Å²) in [7, 11) is 0. The van der Waals surface area contributed by atoms with Gasteiger partial charge in [-0.1, -0.05) is 6.07 Å². The highest BCUT2D eigenvalue weighted by Crippen LogP contribution is 2.21. The molecule has 0 bridgehead atoms. The van der Waals surface area contributed by atoms with E-state index in [2.05, 4.69) is 37.4 Å². The molecular formula is C16H25NO2S. The fourth-order valence-corrected chi connectivity index (χ4v) is 2.79. The lowest BCUT2D eigenvalue weighted by molar-refractivity contribution is -0.122. The molecule has 1 rings (SSSR count). The summed E-state index contributed by atoms with van der Waals surface area (Å²) in [5, 5.41) is 11.9. The third-order valence-corrected chi connectivity index (χ3v) is 4.29. The van der Waals surface area contributed by atoms with Crippen LogP contribution < -0.4 is 5.32 Å². The van der Waals surface area contributed by atoms with Crippen LogP contribution in [0.4, 0.5) is 0 Å². The maximum absolute atomic E-state index is 11.8. The van der Waals surface area contributed by atoms with Crippen molar-refractivity contribution >= 4 is 17.7 Å². The number of thioether (sulfide) groups is 1. The van der Waals surface area contributed by atoms with Crippen molar-refractivity contribution in [1.82, 2.24) is 5.32 Å². The molecule has 0 heterocycles. The topological polar surface area (TPSA) is 49.3 Å². The van der Waals surface area contributed by atoms with Crippen molar-refractivity contribution in [2.75, 3.05) is 12.4 Å². The summed E-state index contributed by atoms with van der Waals surface area (Å²) in [4.78, 5) is 13.0. The molecule has 0 saturated carbocycles. The van der Waals surface area contributed by atoms with Gasteiger partial charge in [0.15, 0.2) is 0 Å². The predicted molar refractivity (Wildman–Crippen MR) is 85.2 cm³/mol. The highest BCUT2D eigenvalue weighted by atomic mass is 32.2. The standard InChI is InChI=1S/C16H25NO2S/c1-12-5-6-14(11-13(12)2)20-10-7-15(19)17-16(3,4)8-9-18/h5-6,11,18H,7-10H2,1-4H3,(H,17,19). The Bertz CT molecular complexity index is 458. The Morgan fingerprint density at radius 2 is 2.00 bits per heavy atom. The zero-order valence-electron chi connectivity index (χ0n) is 12.8. The molecule has 3 nitrogen and oxygen atoms in total. The summed E-state index contributed by atoms with van der Waals surface area (Å²) in [6.45, 7) is 8.14. The second kappa shape index (κ2) is 7.70. The van der Waals surface area contributed by atoms with Gasteiger partial charge in [-0.25, -0.2) is 0 Å². The van der Waals surface area contributed by atoms with Crippen LogP contribution >= 0.6 is 11.8 Å². The number of carbonyl (C=O) groups excluding carboxylic acids is 1. The van der Waals surface area contributed by atoms with Crippen molar-refractivity contribution in [2.24, 2.45) is 0 Å². The molecule has 0 atom stereocenters. The largest absolute Gasteiger partial charge is 0.396 e. The fourth-order valence-electron chi connectivity index (χ4n) is 1.85. The number of amides is 1. The van der Waals surface area contributed by atoms with E-state index in [0.717, 1.165) is 5.75 Å². The Labute approximate surface area is 126 Å². The Morgan fingerprint density at radius 1 is 1.30 bits per heavy atom. The van der Waals surface area contributed by atoms with Gasteiger partial charge in [0.05, 0.1) is 0 Å². The first-order valence-corrected chi connectivity index (χ1v) is 7.94. The van der Waals surface area contributed by atoms with Crippen LogP contribution in [0, 0.1) is 13.8 Å². The Kier molecular flexibility index (Phi) is 6.56. The van der Waals surface area contributed by atoms with Gasteiger partial charge in [0.2, 0.25) is 5.91 Å². The SMILES string of the molecule is Cc1ccc(SCCC(=O)NC(C)(C)CCO)cc1C. The Hall–Kier alpha value is -1.00. The van der Waals surface area contributed by atoms with Gasteiger partial charge in [-0.3, -0.25) is 4.79 Å². The summed E-state index contributed by atoms with van der Waals surface area (Å²) < 4.78 is 0. The quantitative estimate of drug-likeness (QED) is 0.760. The first-order valence-electron chi connectivity index (χ1n) is 6.96. The van der Waals surface area contributed by atoms with Crippen molar-refractivity contribution in [2.45, 2.75) is 51.0 Å². The second-order valence-electron chi connectivity index (χ2n) is 5.75. The molecule has 0 saturated heterocycles. The third-order valence-electron chi connectivity index (χ3n) is 3.29. The van der Waals surface area contributed by atoms with Crippen LogP contribution in [0.25, 0.3) is 0 Å². The molecule has 0 aromatic heterocycles. The molecular weight excluding hydrogens is 270 g/mol. The lowest BCUT2D eigenvalue weighted by atomic mass is 10.0. The molecule has 1 aromatic carbocycles. The van der Waals surface area contributed by atoms with E-state index in [-0.39, 0.29) is 18.1 Å². The van der Waals surface area contributed by atoms with Crippen molar-refractivity contribution in [3.05, 3.63) is 29.3 Å². The number of benzene rings is 1. The van der Waals surface area contributed by atoms with Crippen LogP contribution in [0.5, 0.6) is 0 Å². The first kappa shape index (κ1) is 17.1. The number of aryl methyl sites for hydroxylation is 2. The molecule has 0 spiro atoms. The molecule has 1 amide bonds. The van der Waals surface area contributed by atoms with Gasteiger partial charge < -0.3 is 10.4 Å². The number of hydrogen-bond acceptors (Lipinski definition) is 3. The minimum atomic E-state index is -0.336. The minimum Gasteiger partial charge on any atom is -0.396 e. The van der Waals surface area contributed by atoms with Crippen molar-refractivity contribution in [3.8, 4) is 0 Å². The molecule has 112 valence electrons.